The molecule has 0 aliphatic heterocycles. The quantitative estimate of drug-likeness (QED) is 0.651. The second-order valence-corrected chi connectivity index (χ2v) is 3.62. The fraction of sp³-hybridized carbons (Fsp3) is 0.167. The van der Waals surface area contributed by atoms with Crippen molar-refractivity contribution < 1.29 is 14.3 Å². The van der Waals surface area contributed by atoms with Gasteiger partial charge >= 0.3 is 5.97 Å². The van der Waals surface area contributed by atoms with Gasteiger partial charge in [-0.05, 0) is 12.1 Å². The summed E-state index contributed by atoms with van der Waals surface area (Å²) in [4.78, 5) is 11.9. The summed E-state index contributed by atoms with van der Waals surface area (Å²) < 4.78 is 11.7. The van der Waals surface area contributed by atoms with Crippen LogP contribution in [0.1, 0.15) is 10.5 Å². The smallest absolute Gasteiger partial charge is 0.362 e. The van der Waals surface area contributed by atoms with Gasteiger partial charge in [-0.25, -0.2) is 4.79 Å². The van der Waals surface area contributed by atoms with Gasteiger partial charge in [-0.15, -0.1) is 0 Å². The van der Waals surface area contributed by atoms with Gasteiger partial charge in [-0.1, -0.05) is 12.1 Å². The summed E-state index contributed by atoms with van der Waals surface area (Å²) in [6, 6.07) is 8.36. The Morgan fingerprint density at radius 2 is 2.00 bits per heavy atom. The van der Waals surface area contributed by atoms with Crippen LogP contribution in [0.5, 0.6) is 11.5 Å². The van der Waals surface area contributed by atoms with Gasteiger partial charge in [-0.3, -0.25) is 4.68 Å². The number of anilines is 1. The predicted molar refractivity (Wildman–Crippen MR) is 65.6 cm³/mol. The minimum atomic E-state index is -0.536. The average molecular weight is 247 g/mol. The third-order valence-corrected chi connectivity index (χ3v) is 2.38. The number of carbonyl (C=O) groups excluding carboxylic acids is 1. The predicted octanol–water partition coefficient (Wildman–Crippen LogP) is 1.23. The molecule has 2 N–H and O–H groups in total. The van der Waals surface area contributed by atoms with Crippen molar-refractivity contribution in [3.05, 3.63) is 36.0 Å². The zero-order valence-corrected chi connectivity index (χ0v) is 10.1. The van der Waals surface area contributed by atoms with E-state index < -0.39 is 5.97 Å². The second kappa shape index (κ2) is 4.79. The number of esters is 1. The second-order valence-electron chi connectivity index (χ2n) is 3.62. The van der Waals surface area contributed by atoms with Crippen molar-refractivity contribution in [2.24, 2.45) is 7.05 Å². The van der Waals surface area contributed by atoms with E-state index in [1.54, 1.807) is 31.3 Å². The van der Waals surface area contributed by atoms with Crippen molar-refractivity contribution in [3.8, 4) is 11.5 Å². The van der Waals surface area contributed by atoms with E-state index in [0.29, 0.717) is 11.5 Å². The molecule has 0 amide bonds. The maximum atomic E-state index is 11.9. The zero-order valence-electron chi connectivity index (χ0n) is 10.1. The third kappa shape index (κ3) is 2.27. The van der Waals surface area contributed by atoms with Crippen molar-refractivity contribution in [1.82, 2.24) is 9.78 Å². The van der Waals surface area contributed by atoms with Gasteiger partial charge in [0.1, 0.15) is 11.5 Å². The lowest BCUT2D eigenvalue weighted by Crippen LogP contribution is -2.13. The van der Waals surface area contributed by atoms with Crippen LogP contribution < -0.4 is 15.2 Å². The Labute approximate surface area is 104 Å². The van der Waals surface area contributed by atoms with Crippen LogP contribution in [0.2, 0.25) is 0 Å². The molecule has 0 spiro atoms. The molecule has 2 rings (SSSR count). The highest BCUT2D eigenvalue weighted by Crippen LogP contribution is 2.26. The molecule has 0 aliphatic rings. The molecular weight excluding hydrogens is 234 g/mol. The summed E-state index contributed by atoms with van der Waals surface area (Å²) in [6.45, 7) is 0. The molecule has 94 valence electrons. The van der Waals surface area contributed by atoms with Crippen molar-refractivity contribution in [3.63, 3.8) is 0 Å². The fourth-order valence-electron chi connectivity index (χ4n) is 1.54. The first-order chi connectivity index (χ1) is 8.61. The molecule has 6 nitrogen and oxygen atoms in total. The van der Waals surface area contributed by atoms with E-state index >= 15 is 0 Å². The number of nitrogen functional groups attached to an aromatic ring is 1. The first kappa shape index (κ1) is 12.0. The molecule has 2 aromatic rings. The summed E-state index contributed by atoms with van der Waals surface area (Å²) in [5, 5.41) is 3.88. The summed E-state index contributed by atoms with van der Waals surface area (Å²) in [5.74, 6) is 0.571. The Morgan fingerprint density at radius 3 is 2.56 bits per heavy atom. The molecule has 0 aliphatic carbocycles. The molecule has 1 aromatic carbocycles. The highest BCUT2D eigenvalue weighted by molar-refractivity contribution is 5.90. The molecule has 0 saturated heterocycles. The molecule has 0 fully saturated rings. The molecular formula is C12H13N3O3. The molecule has 1 heterocycles. The summed E-state index contributed by atoms with van der Waals surface area (Å²) in [5.41, 5.74) is 5.78. The first-order valence-electron chi connectivity index (χ1n) is 5.26. The van der Waals surface area contributed by atoms with Gasteiger partial charge < -0.3 is 15.2 Å². The lowest BCUT2D eigenvalue weighted by molar-refractivity contribution is 0.0718. The SMILES string of the molecule is COc1ccccc1OC(=O)c1cc(N)nn1C. The zero-order chi connectivity index (χ0) is 13.1. The molecule has 1 aromatic heterocycles. The van der Waals surface area contributed by atoms with Crippen LogP contribution in [0.4, 0.5) is 5.82 Å². The van der Waals surface area contributed by atoms with Gasteiger partial charge in [0.25, 0.3) is 0 Å². The number of hydrogen-bond acceptors (Lipinski definition) is 5. The normalized spacial score (nSPS) is 10.1. The van der Waals surface area contributed by atoms with Crippen LogP contribution in [0.15, 0.2) is 30.3 Å². The van der Waals surface area contributed by atoms with E-state index in [1.807, 2.05) is 0 Å². The standard InChI is InChI=1S/C12H13N3O3/c1-15-8(7-11(13)14-15)12(16)18-10-6-4-3-5-9(10)17-2/h3-7H,1-2H3,(H2,13,14). The van der Waals surface area contributed by atoms with Crippen molar-refractivity contribution in [2.75, 3.05) is 12.8 Å². The summed E-state index contributed by atoms with van der Waals surface area (Å²) >= 11 is 0. The number of nitrogens with zero attached hydrogens (tertiary/aromatic N) is 2. The Hall–Kier alpha value is -2.50. The number of methoxy groups -OCH3 is 1. The first-order valence-corrected chi connectivity index (χ1v) is 5.26. The lowest BCUT2D eigenvalue weighted by Gasteiger charge is -2.08. The number of hydrogen-bond donors (Lipinski definition) is 1. The van der Waals surface area contributed by atoms with Gasteiger partial charge in [0.2, 0.25) is 0 Å². The van der Waals surface area contributed by atoms with Gasteiger partial charge in [0.15, 0.2) is 11.5 Å². The topological polar surface area (TPSA) is 79.4 Å². The highest BCUT2D eigenvalue weighted by Gasteiger charge is 2.16. The Kier molecular flexibility index (Phi) is 3.18. The van der Waals surface area contributed by atoms with E-state index in [4.69, 9.17) is 15.2 Å². The molecule has 0 bridgehead atoms. The number of nitrogens with two attached hydrogens (primary N) is 1. The molecule has 6 heteroatoms. The van der Waals surface area contributed by atoms with Crippen molar-refractivity contribution in [1.29, 1.82) is 0 Å². The van der Waals surface area contributed by atoms with Crippen LogP contribution in [-0.4, -0.2) is 22.9 Å². The minimum Gasteiger partial charge on any atom is -0.493 e. The number of carbonyl (C=O) groups is 1. The van der Waals surface area contributed by atoms with E-state index in [2.05, 4.69) is 5.10 Å². The van der Waals surface area contributed by atoms with Crippen LogP contribution in [0.25, 0.3) is 0 Å². The third-order valence-electron chi connectivity index (χ3n) is 2.38. The molecule has 18 heavy (non-hydrogen) atoms. The van der Waals surface area contributed by atoms with Crippen LogP contribution in [0, 0.1) is 0 Å². The summed E-state index contributed by atoms with van der Waals surface area (Å²) in [7, 11) is 3.13. The largest absolute Gasteiger partial charge is 0.493 e. The van der Waals surface area contributed by atoms with Crippen molar-refractivity contribution >= 4 is 11.8 Å². The number of benzene rings is 1. The maximum absolute atomic E-state index is 11.9. The lowest BCUT2D eigenvalue weighted by atomic mass is 10.3. The van der Waals surface area contributed by atoms with E-state index in [0.717, 1.165) is 0 Å². The number of ether oxygens (including phenoxy) is 2. The maximum Gasteiger partial charge on any atom is 0.362 e. The van der Waals surface area contributed by atoms with Gasteiger partial charge in [-0.2, -0.15) is 5.10 Å². The molecule has 0 radical (unpaired) electrons. The Balaban J connectivity index is 2.24. The molecule has 0 unspecified atom stereocenters. The number of rotatable bonds is 3. The van der Waals surface area contributed by atoms with Crippen LogP contribution in [-0.2, 0) is 7.05 Å². The van der Waals surface area contributed by atoms with E-state index in [9.17, 15) is 4.79 Å². The van der Waals surface area contributed by atoms with E-state index in [-0.39, 0.29) is 11.5 Å². The van der Waals surface area contributed by atoms with Crippen LogP contribution in [0.3, 0.4) is 0 Å². The number of para-hydroxylation sites is 2. The van der Waals surface area contributed by atoms with Crippen molar-refractivity contribution in [2.45, 2.75) is 0 Å². The fourth-order valence-corrected chi connectivity index (χ4v) is 1.54. The molecule has 0 saturated carbocycles. The Morgan fingerprint density at radius 1 is 1.33 bits per heavy atom. The number of aryl methyl sites for hydroxylation is 1. The Bertz CT molecular complexity index is 578. The van der Waals surface area contributed by atoms with Gasteiger partial charge in [0.05, 0.1) is 7.11 Å². The minimum absolute atomic E-state index is 0.268. The van der Waals surface area contributed by atoms with Crippen LogP contribution >= 0.6 is 0 Å². The highest BCUT2D eigenvalue weighted by atomic mass is 16.6. The number of aromatic nitrogens is 2. The van der Waals surface area contributed by atoms with Gasteiger partial charge in [0, 0.05) is 13.1 Å². The average Bonchev–Trinajstić information content (AvgIpc) is 2.69. The molecule has 0 atom stereocenters. The monoisotopic (exact) mass is 247 g/mol. The van der Waals surface area contributed by atoms with E-state index in [1.165, 1.54) is 17.9 Å². The summed E-state index contributed by atoms with van der Waals surface area (Å²) in [6.07, 6.45) is 0.